The Kier molecular flexibility index (Phi) is 10.1. The van der Waals surface area contributed by atoms with Gasteiger partial charge in [0.05, 0.1) is 39.8 Å². The summed E-state index contributed by atoms with van der Waals surface area (Å²) in [6.45, 7) is 0.404. The molecule has 0 saturated heterocycles. The van der Waals surface area contributed by atoms with Crippen molar-refractivity contribution in [1.82, 2.24) is 0 Å². The van der Waals surface area contributed by atoms with Gasteiger partial charge < -0.3 is 35.5 Å². The third kappa shape index (κ3) is 6.90. The first-order valence-corrected chi connectivity index (χ1v) is 12.9. The second-order valence-electron chi connectivity index (χ2n) is 8.11. The molecule has 2 aromatic carbocycles. The number of hydrogen-bond donors (Lipinski definition) is 3. The Labute approximate surface area is 211 Å². The van der Waals surface area contributed by atoms with Crippen molar-refractivity contribution in [2.24, 2.45) is 11.5 Å². The number of hydrogen-bond acceptors (Lipinski definition) is 9. The lowest BCUT2D eigenvalue weighted by atomic mass is 9.84. The van der Waals surface area contributed by atoms with E-state index in [0.29, 0.717) is 47.8 Å². The molecule has 0 aliphatic heterocycles. The van der Waals surface area contributed by atoms with Gasteiger partial charge in [0.1, 0.15) is 28.5 Å². The number of benzene rings is 2. The molecule has 2 rings (SSSR count). The highest BCUT2D eigenvalue weighted by molar-refractivity contribution is 7.93. The summed E-state index contributed by atoms with van der Waals surface area (Å²) < 4.78 is 47.2. The number of ether oxygens (including phenoxy) is 4. The second kappa shape index (κ2) is 12.6. The number of carbonyl (C=O) groups is 1. The van der Waals surface area contributed by atoms with E-state index in [9.17, 15) is 18.3 Å². The van der Waals surface area contributed by atoms with Gasteiger partial charge in [0.15, 0.2) is 9.84 Å². The van der Waals surface area contributed by atoms with Crippen molar-refractivity contribution >= 4 is 21.9 Å². The molecule has 5 N–H and O–H groups in total. The van der Waals surface area contributed by atoms with E-state index in [1.54, 1.807) is 18.2 Å². The Morgan fingerprint density at radius 1 is 0.972 bits per heavy atom. The molecule has 0 spiro atoms. The Morgan fingerprint density at radius 2 is 1.58 bits per heavy atom. The lowest BCUT2D eigenvalue weighted by Gasteiger charge is -2.27. The minimum atomic E-state index is -3.79. The van der Waals surface area contributed by atoms with Crippen molar-refractivity contribution in [3.05, 3.63) is 52.4 Å². The molecule has 1 atom stereocenters. The number of carboxylic acid groups (broad SMARTS) is 1. The van der Waals surface area contributed by atoms with Gasteiger partial charge in [0, 0.05) is 23.1 Å². The van der Waals surface area contributed by atoms with Crippen LogP contribution in [-0.4, -0.2) is 54.5 Å². The Balaban J connectivity index is 2.43. The summed E-state index contributed by atoms with van der Waals surface area (Å²) in [5.41, 5.74) is 11.1. The van der Waals surface area contributed by atoms with Crippen LogP contribution in [0.4, 0.5) is 0 Å². The molecule has 0 amide bonds. The Hall–Kier alpha value is -3.28. The number of rotatable bonds is 14. The van der Waals surface area contributed by atoms with Crippen molar-refractivity contribution in [1.29, 1.82) is 0 Å². The quantitative estimate of drug-likeness (QED) is 0.315. The zero-order valence-electron chi connectivity index (χ0n) is 20.9. The molecule has 10 nitrogen and oxygen atoms in total. The van der Waals surface area contributed by atoms with Crippen molar-refractivity contribution in [3.63, 3.8) is 0 Å². The molecule has 198 valence electrons. The van der Waals surface area contributed by atoms with Crippen LogP contribution in [0.5, 0.6) is 23.0 Å². The number of nitrogens with two attached hydrogens (primary N) is 2. The van der Waals surface area contributed by atoms with Crippen LogP contribution in [0.3, 0.4) is 0 Å². The zero-order chi connectivity index (χ0) is 26.9. The largest absolute Gasteiger partial charge is 0.496 e. The fourth-order valence-corrected chi connectivity index (χ4v) is 4.83. The summed E-state index contributed by atoms with van der Waals surface area (Å²) in [4.78, 5) is 12.1. The molecule has 0 aliphatic rings. The smallest absolute Gasteiger partial charge is 0.328 e. The number of aliphatic carboxylic acids is 1. The van der Waals surface area contributed by atoms with Crippen molar-refractivity contribution < 1.29 is 37.3 Å². The van der Waals surface area contributed by atoms with E-state index in [1.807, 2.05) is 0 Å². The molecule has 0 bridgehead atoms. The van der Waals surface area contributed by atoms with Gasteiger partial charge in [-0.2, -0.15) is 0 Å². The molecule has 0 radical (unpaired) electrons. The predicted octanol–water partition coefficient (Wildman–Crippen LogP) is 2.67. The van der Waals surface area contributed by atoms with E-state index in [0.717, 1.165) is 5.41 Å². The maximum Gasteiger partial charge on any atom is 0.328 e. The normalized spacial score (nSPS) is 13.3. The van der Waals surface area contributed by atoms with Crippen LogP contribution >= 0.6 is 0 Å². The van der Waals surface area contributed by atoms with Gasteiger partial charge >= 0.3 is 5.97 Å². The predicted molar refractivity (Wildman–Crippen MR) is 137 cm³/mol. The number of carboxylic acids is 1. The first-order chi connectivity index (χ1) is 17.0. The fourth-order valence-electron chi connectivity index (χ4n) is 3.75. The fraction of sp³-hybridized carbons (Fsp3) is 0.400. The van der Waals surface area contributed by atoms with Gasteiger partial charge in [0.25, 0.3) is 0 Å². The van der Waals surface area contributed by atoms with Crippen molar-refractivity contribution in [2.75, 3.05) is 35.0 Å². The second-order valence-corrected chi connectivity index (χ2v) is 10.00. The molecule has 11 heteroatoms. The lowest BCUT2D eigenvalue weighted by molar-refractivity contribution is -0.144. The van der Waals surface area contributed by atoms with E-state index in [1.165, 1.54) is 46.6 Å². The summed E-state index contributed by atoms with van der Waals surface area (Å²) in [6, 6.07) is 7.77. The molecular weight excluding hydrogens is 488 g/mol. The molecule has 0 aliphatic carbocycles. The first kappa shape index (κ1) is 29.0. The van der Waals surface area contributed by atoms with Crippen LogP contribution in [0.15, 0.2) is 35.7 Å². The molecule has 2 aromatic rings. The molecule has 36 heavy (non-hydrogen) atoms. The first-order valence-electron chi connectivity index (χ1n) is 11.2. The summed E-state index contributed by atoms with van der Waals surface area (Å²) >= 11 is 0. The Morgan fingerprint density at radius 3 is 2.08 bits per heavy atom. The lowest BCUT2D eigenvalue weighted by Crippen LogP contribution is -2.45. The van der Waals surface area contributed by atoms with Gasteiger partial charge in [-0.1, -0.05) is 6.07 Å². The molecule has 0 saturated carbocycles. The zero-order valence-corrected chi connectivity index (χ0v) is 21.8. The van der Waals surface area contributed by atoms with E-state index in [4.69, 9.17) is 30.4 Å². The van der Waals surface area contributed by atoms with Gasteiger partial charge in [0.2, 0.25) is 0 Å². The summed E-state index contributed by atoms with van der Waals surface area (Å²) in [5, 5.41) is 11.0. The van der Waals surface area contributed by atoms with Gasteiger partial charge in [-0.3, -0.25) is 0 Å². The maximum absolute atomic E-state index is 13.0. The number of methoxy groups -OCH3 is 4. The van der Waals surface area contributed by atoms with Crippen LogP contribution < -0.4 is 30.4 Å². The number of unbranched alkanes of at least 4 members (excludes halogenated alkanes) is 1. The minimum Gasteiger partial charge on any atom is -0.496 e. The molecule has 0 fully saturated rings. The van der Waals surface area contributed by atoms with E-state index < -0.39 is 21.3 Å². The van der Waals surface area contributed by atoms with Crippen LogP contribution in [0.2, 0.25) is 0 Å². The molecule has 0 unspecified atom stereocenters. The van der Waals surface area contributed by atoms with Crippen LogP contribution in [-0.2, 0) is 25.9 Å². The number of sulfone groups is 1. The Bertz CT molecular complexity index is 1170. The highest BCUT2D eigenvalue weighted by atomic mass is 32.2. The standard InChI is InChI=1S/C25H34N2O8S/c1-32-18-14-22(34-3)19(23(15-18)35-4)9-12-36(30,31)16-17-7-8-21(33-2)20(13-17)25(27,24(28)29)10-5-6-11-26/h7-9,12-15H,5-6,10-11,16,26-27H2,1-4H3,(H,28,29)/b12-9+/t25-/m1/s1. The highest BCUT2D eigenvalue weighted by Crippen LogP contribution is 2.36. The van der Waals surface area contributed by atoms with Gasteiger partial charge in [-0.05, 0) is 49.6 Å². The minimum absolute atomic E-state index is 0.114. The van der Waals surface area contributed by atoms with Gasteiger partial charge in [-0.25, -0.2) is 13.2 Å². The van der Waals surface area contributed by atoms with Crippen molar-refractivity contribution in [3.8, 4) is 23.0 Å². The van der Waals surface area contributed by atoms with E-state index >= 15 is 0 Å². The third-order valence-corrected chi connectivity index (χ3v) is 7.00. The van der Waals surface area contributed by atoms with E-state index in [-0.39, 0.29) is 23.5 Å². The average Bonchev–Trinajstić information content (AvgIpc) is 2.86. The summed E-state index contributed by atoms with van der Waals surface area (Å²) in [5.74, 6) is -0.134. The van der Waals surface area contributed by atoms with Crippen LogP contribution in [0, 0.1) is 0 Å². The summed E-state index contributed by atoms with van der Waals surface area (Å²) in [7, 11) is 2.01. The summed E-state index contributed by atoms with van der Waals surface area (Å²) in [6.07, 6.45) is 2.59. The van der Waals surface area contributed by atoms with E-state index in [2.05, 4.69) is 0 Å². The van der Waals surface area contributed by atoms with Crippen LogP contribution in [0.1, 0.15) is 36.0 Å². The topological polar surface area (TPSA) is 160 Å². The molecule has 0 aromatic heterocycles. The third-order valence-electron chi connectivity index (χ3n) is 5.71. The van der Waals surface area contributed by atoms with Crippen LogP contribution in [0.25, 0.3) is 6.08 Å². The highest BCUT2D eigenvalue weighted by Gasteiger charge is 2.38. The molecular formula is C25H34N2O8S. The van der Waals surface area contributed by atoms with Crippen molar-refractivity contribution in [2.45, 2.75) is 30.6 Å². The average molecular weight is 523 g/mol. The maximum atomic E-state index is 13.0. The molecule has 0 heterocycles. The SMILES string of the molecule is COc1cc(OC)c(/C=C/S(=O)(=O)Cc2ccc(OC)c([C@](N)(CCCCN)C(=O)O)c2)c(OC)c1. The monoisotopic (exact) mass is 522 g/mol. The van der Waals surface area contributed by atoms with Gasteiger partial charge in [-0.15, -0.1) is 0 Å².